The van der Waals surface area contributed by atoms with Crippen LogP contribution >= 0.6 is 0 Å². The summed E-state index contributed by atoms with van der Waals surface area (Å²) >= 11 is 0. The Balaban J connectivity index is 3.17. The number of hydrogen-bond acceptors (Lipinski definition) is 1. The van der Waals surface area contributed by atoms with E-state index in [1.807, 2.05) is 0 Å². The maximum Gasteiger partial charge on any atom is 0.303 e. The van der Waals surface area contributed by atoms with Crippen LogP contribution in [0.5, 0.6) is 0 Å². The van der Waals surface area contributed by atoms with Gasteiger partial charge in [0.2, 0.25) is 0 Å². The molecule has 0 fully saturated rings. The van der Waals surface area contributed by atoms with Crippen molar-refractivity contribution in [2.75, 3.05) is 0 Å². The first kappa shape index (κ1) is 18.9. The Morgan fingerprint density at radius 2 is 1.35 bits per heavy atom. The van der Waals surface area contributed by atoms with Gasteiger partial charge in [0.25, 0.3) is 0 Å². The lowest BCUT2D eigenvalue weighted by Crippen LogP contribution is -1.93. The molecule has 0 atom stereocenters. The van der Waals surface area contributed by atoms with Gasteiger partial charge in [-0.3, -0.25) is 4.79 Å². The molecule has 0 spiro atoms. The highest BCUT2D eigenvalue weighted by Crippen LogP contribution is 2.08. The van der Waals surface area contributed by atoms with E-state index in [1.54, 1.807) is 0 Å². The molecule has 0 aromatic heterocycles. The highest BCUT2D eigenvalue weighted by molar-refractivity contribution is 5.66. The van der Waals surface area contributed by atoms with Crippen molar-refractivity contribution >= 4 is 5.97 Å². The first-order valence-corrected chi connectivity index (χ1v) is 8.29. The predicted molar refractivity (Wildman–Crippen MR) is 87.0 cm³/mol. The highest BCUT2D eigenvalue weighted by Gasteiger charge is 1.95. The van der Waals surface area contributed by atoms with Crippen molar-refractivity contribution in [3.05, 3.63) is 24.3 Å². The fourth-order valence-corrected chi connectivity index (χ4v) is 2.09. The first-order valence-electron chi connectivity index (χ1n) is 8.29. The number of allylic oxidation sites excluding steroid dienone is 4. The van der Waals surface area contributed by atoms with Crippen molar-refractivity contribution in [2.45, 2.75) is 84.0 Å². The number of rotatable bonds is 14. The standard InChI is InChI=1S/C18H32O2/c1-2-3-4-5-6-7-8-9-10-11-12-13-14-15-16-17-18(19)20/h6-7,9-10H,2-5,8,11-17H2,1H3,(H,19,20)/b7-6-,10-9?. The normalized spacial score (nSPS) is 11.7. The zero-order valence-electron chi connectivity index (χ0n) is 13.2. The molecule has 0 unspecified atom stereocenters. The van der Waals surface area contributed by atoms with Gasteiger partial charge in [0.15, 0.2) is 0 Å². The molecule has 2 heteroatoms. The number of hydrogen-bond donors (Lipinski definition) is 1. The maximum atomic E-state index is 10.3. The number of carbonyl (C=O) groups is 1. The number of carboxylic acid groups (broad SMARTS) is 1. The molecule has 2 nitrogen and oxygen atoms in total. The Morgan fingerprint density at radius 3 is 1.95 bits per heavy atom. The topological polar surface area (TPSA) is 37.3 Å². The molecule has 0 aliphatic rings. The minimum absolute atomic E-state index is 0.324. The molecule has 0 amide bonds. The van der Waals surface area contributed by atoms with E-state index in [1.165, 1.54) is 44.9 Å². The molecule has 0 radical (unpaired) electrons. The van der Waals surface area contributed by atoms with Crippen LogP contribution in [-0.2, 0) is 4.79 Å². The molecule has 0 rings (SSSR count). The summed E-state index contributed by atoms with van der Waals surface area (Å²) in [5.41, 5.74) is 0. The van der Waals surface area contributed by atoms with Crippen LogP contribution in [0, 0.1) is 0 Å². The summed E-state index contributed by atoms with van der Waals surface area (Å²) in [6.45, 7) is 2.23. The second-order valence-electron chi connectivity index (χ2n) is 5.37. The molecule has 0 saturated carbocycles. The molecule has 0 aliphatic carbocycles. The van der Waals surface area contributed by atoms with Crippen molar-refractivity contribution in [1.82, 2.24) is 0 Å². The van der Waals surface area contributed by atoms with Gasteiger partial charge in [0, 0.05) is 6.42 Å². The summed E-state index contributed by atoms with van der Waals surface area (Å²) in [7, 11) is 0. The van der Waals surface area contributed by atoms with Crippen LogP contribution in [0.25, 0.3) is 0 Å². The Labute approximate surface area is 125 Å². The lowest BCUT2D eigenvalue weighted by atomic mass is 10.1. The third kappa shape index (κ3) is 16.9. The Morgan fingerprint density at radius 1 is 0.800 bits per heavy atom. The lowest BCUT2D eigenvalue weighted by molar-refractivity contribution is -0.137. The third-order valence-corrected chi connectivity index (χ3v) is 3.34. The molecule has 20 heavy (non-hydrogen) atoms. The van der Waals surface area contributed by atoms with Gasteiger partial charge in [0.1, 0.15) is 0 Å². The van der Waals surface area contributed by atoms with Crippen LogP contribution in [0.15, 0.2) is 24.3 Å². The smallest absolute Gasteiger partial charge is 0.303 e. The van der Waals surface area contributed by atoms with E-state index in [0.717, 1.165) is 25.7 Å². The van der Waals surface area contributed by atoms with E-state index < -0.39 is 5.97 Å². The van der Waals surface area contributed by atoms with E-state index in [2.05, 4.69) is 31.2 Å². The van der Waals surface area contributed by atoms with Gasteiger partial charge in [-0.25, -0.2) is 0 Å². The fourth-order valence-electron chi connectivity index (χ4n) is 2.09. The van der Waals surface area contributed by atoms with Crippen LogP contribution in [-0.4, -0.2) is 11.1 Å². The summed E-state index contributed by atoms with van der Waals surface area (Å²) in [6, 6.07) is 0. The minimum atomic E-state index is -0.671. The first-order chi connectivity index (χ1) is 9.77. The van der Waals surface area contributed by atoms with Gasteiger partial charge in [-0.15, -0.1) is 0 Å². The number of unbranched alkanes of at least 4 members (excludes halogenated alkanes) is 8. The average molecular weight is 280 g/mol. The van der Waals surface area contributed by atoms with Crippen LogP contribution in [0.3, 0.4) is 0 Å². The van der Waals surface area contributed by atoms with Crippen molar-refractivity contribution < 1.29 is 9.90 Å². The average Bonchev–Trinajstić information content (AvgIpc) is 2.43. The van der Waals surface area contributed by atoms with Gasteiger partial charge in [0.05, 0.1) is 0 Å². The largest absolute Gasteiger partial charge is 0.481 e. The van der Waals surface area contributed by atoms with Crippen LogP contribution < -0.4 is 0 Å². The maximum absolute atomic E-state index is 10.3. The molecular formula is C18H32O2. The SMILES string of the molecule is CCCCC/C=C\CC=CCCCCCCCC(=O)O. The summed E-state index contributed by atoms with van der Waals surface area (Å²) in [5.74, 6) is -0.671. The molecule has 0 bridgehead atoms. The molecule has 0 heterocycles. The molecule has 0 aromatic carbocycles. The molecule has 116 valence electrons. The van der Waals surface area contributed by atoms with E-state index in [4.69, 9.17) is 5.11 Å². The minimum Gasteiger partial charge on any atom is -0.481 e. The third-order valence-electron chi connectivity index (χ3n) is 3.34. The van der Waals surface area contributed by atoms with E-state index in [9.17, 15) is 4.79 Å². The Bertz CT molecular complexity index is 267. The van der Waals surface area contributed by atoms with Crippen LogP contribution in [0.2, 0.25) is 0 Å². The fraction of sp³-hybridized carbons (Fsp3) is 0.722. The van der Waals surface area contributed by atoms with Gasteiger partial charge in [-0.2, -0.15) is 0 Å². The van der Waals surface area contributed by atoms with E-state index in [-0.39, 0.29) is 0 Å². The van der Waals surface area contributed by atoms with Gasteiger partial charge in [-0.1, -0.05) is 63.3 Å². The summed E-state index contributed by atoms with van der Waals surface area (Å²) in [6.07, 6.45) is 22.3. The number of carboxylic acids is 1. The van der Waals surface area contributed by atoms with Crippen molar-refractivity contribution in [3.63, 3.8) is 0 Å². The Kier molecular flexibility index (Phi) is 15.2. The number of aliphatic carboxylic acids is 1. The molecule has 0 aliphatic heterocycles. The van der Waals surface area contributed by atoms with Crippen molar-refractivity contribution in [2.24, 2.45) is 0 Å². The van der Waals surface area contributed by atoms with Crippen molar-refractivity contribution in [1.29, 1.82) is 0 Å². The molecular weight excluding hydrogens is 248 g/mol. The zero-order valence-corrected chi connectivity index (χ0v) is 13.2. The van der Waals surface area contributed by atoms with Crippen LogP contribution in [0.4, 0.5) is 0 Å². The zero-order chi connectivity index (χ0) is 14.9. The van der Waals surface area contributed by atoms with E-state index >= 15 is 0 Å². The molecule has 1 N–H and O–H groups in total. The van der Waals surface area contributed by atoms with Gasteiger partial charge >= 0.3 is 5.97 Å². The molecule has 0 aromatic rings. The lowest BCUT2D eigenvalue weighted by Gasteiger charge is -1.98. The van der Waals surface area contributed by atoms with E-state index in [0.29, 0.717) is 6.42 Å². The van der Waals surface area contributed by atoms with Gasteiger partial charge in [-0.05, 0) is 38.5 Å². The predicted octanol–water partition coefficient (Wildman–Crippen LogP) is 5.88. The highest BCUT2D eigenvalue weighted by atomic mass is 16.4. The quantitative estimate of drug-likeness (QED) is 0.318. The summed E-state index contributed by atoms with van der Waals surface area (Å²) in [4.78, 5) is 10.3. The van der Waals surface area contributed by atoms with Gasteiger partial charge < -0.3 is 5.11 Å². The molecule has 0 saturated heterocycles. The monoisotopic (exact) mass is 280 g/mol. The second-order valence-corrected chi connectivity index (χ2v) is 5.37. The second kappa shape index (κ2) is 16.0. The van der Waals surface area contributed by atoms with Crippen LogP contribution in [0.1, 0.15) is 84.0 Å². The van der Waals surface area contributed by atoms with Crippen molar-refractivity contribution in [3.8, 4) is 0 Å². The Hall–Kier alpha value is -1.05. The summed E-state index contributed by atoms with van der Waals surface area (Å²) < 4.78 is 0. The summed E-state index contributed by atoms with van der Waals surface area (Å²) in [5, 5.41) is 8.50.